The first-order valence-corrected chi connectivity index (χ1v) is 15.0. The van der Waals surface area contributed by atoms with Crippen molar-refractivity contribution in [2.75, 3.05) is 0 Å². The fraction of sp³-hybridized carbons (Fsp3) is 0.0233. The number of hydrogen-bond acceptors (Lipinski definition) is 0. The molecule has 8 aromatic rings. The number of fused-ring (bicyclic) bond motifs is 9. The summed E-state index contributed by atoms with van der Waals surface area (Å²) in [6.07, 6.45) is 0. The van der Waals surface area contributed by atoms with E-state index in [-0.39, 0.29) is 0 Å². The van der Waals surface area contributed by atoms with Gasteiger partial charge in [0.15, 0.2) is 0 Å². The van der Waals surface area contributed by atoms with Gasteiger partial charge in [-0.25, -0.2) is 0 Å². The van der Waals surface area contributed by atoms with Gasteiger partial charge in [-0.3, -0.25) is 0 Å². The van der Waals surface area contributed by atoms with Gasteiger partial charge in [0.1, 0.15) is 0 Å². The lowest BCUT2D eigenvalue weighted by Gasteiger charge is -2.35. The molecule has 0 spiro atoms. The standard InChI is InChI=1S/C43H28/c1-3-16-31(17-4-1)43(32-18-5-2-6-19-32)40-25-12-11-23-38(40)41-36-22-10-9-21-35(36)39-28-30(26-27-37(39)42(41)43)34-24-13-15-29-14-7-8-20-33(29)34/h1-28H. The van der Waals surface area contributed by atoms with Crippen molar-refractivity contribution in [3.8, 4) is 22.3 Å². The first-order chi connectivity index (χ1) is 21.4. The average Bonchev–Trinajstić information content (AvgIpc) is 3.41. The monoisotopic (exact) mass is 544 g/mol. The molecule has 0 amide bonds. The Labute approximate surface area is 251 Å². The molecule has 0 N–H and O–H groups in total. The van der Waals surface area contributed by atoms with E-state index < -0.39 is 5.41 Å². The highest BCUT2D eigenvalue weighted by Gasteiger charge is 2.47. The second-order valence-corrected chi connectivity index (χ2v) is 11.6. The van der Waals surface area contributed by atoms with Crippen LogP contribution in [0.15, 0.2) is 170 Å². The molecule has 8 aromatic carbocycles. The predicted octanol–water partition coefficient (Wildman–Crippen LogP) is 11.2. The van der Waals surface area contributed by atoms with Crippen LogP contribution in [-0.2, 0) is 5.41 Å². The van der Waals surface area contributed by atoms with Gasteiger partial charge in [0.25, 0.3) is 0 Å². The van der Waals surface area contributed by atoms with E-state index in [4.69, 9.17) is 0 Å². The molecule has 0 aromatic heterocycles. The van der Waals surface area contributed by atoms with Crippen molar-refractivity contribution in [1.29, 1.82) is 0 Å². The molecule has 9 rings (SSSR count). The average molecular weight is 545 g/mol. The van der Waals surface area contributed by atoms with Crippen LogP contribution in [-0.4, -0.2) is 0 Å². The molecule has 0 fully saturated rings. The number of rotatable bonds is 3. The zero-order valence-corrected chi connectivity index (χ0v) is 23.7. The molecule has 0 saturated carbocycles. The molecule has 0 radical (unpaired) electrons. The molecule has 200 valence electrons. The third-order valence-corrected chi connectivity index (χ3v) is 9.52. The molecule has 0 heteroatoms. The summed E-state index contributed by atoms with van der Waals surface area (Å²) in [6, 6.07) is 62.8. The Bertz CT molecular complexity index is 2280. The highest BCUT2D eigenvalue weighted by molar-refractivity contribution is 6.20. The minimum Gasteiger partial charge on any atom is -0.0622 e. The van der Waals surface area contributed by atoms with Gasteiger partial charge in [-0.05, 0) is 82.9 Å². The van der Waals surface area contributed by atoms with E-state index in [2.05, 4.69) is 170 Å². The molecule has 0 saturated heterocycles. The Morgan fingerprint density at radius 3 is 1.70 bits per heavy atom. The van der Waals surface area contributed by atoms with Gasteiger partial charge in [-0.1, -0.05) is 164 Å². The largest absolute Gasteiger partial charge is 0.0719 e. The molecule has 1 aliphatic carbocycles. The van der Waals surface area contributed by atoms with Gasteiger partial charge in [0.2, 0.25) is 0 Å². The number of benzene rings is 8. The molecule has 0 heterocycles. The smallest absolute Gasteiger partial charge is 0.0622 e. The maximum Gasteiger partial charge on any atom is 0.0719 e. The van der Waals surface area contributed by atoms with Gasteiger partial charge in [0, 0.05) is 0 Å². The fourth-order valence-electron chi connectivity index (χ4n) is 7.81. The lowest BCUT2D eigenvalue weighted by Crippen LogP contribution is -2.28. The summed E-state index contributed by atoms with van der Waals surface area (Å²) in [4.78, 5) is 0. The predicted molar refractivity (Wildman–Crippen MR) is 182 cm³/mol. The molecular weight excluding hydrogens is 516 g/mol. The van der Waals surface area contributed by atoms with E-state index in [9.17, 15) is 0 Å². The molecule has 43 heavy (non-hydrogen) atoms. The van der Waals surface area contributed by atoms with Gasteiger partial charge in [-0.2, -0.15) is 0 Å². The highest BCUT2D eigenvalue weighted by atomic mass is 14.5. The zero-order valence-electron chi connectivity index (χ0n) is 23.7. The van der Waals surface area contributed by atoms with Gasteiger partial charge < -0.3 is 0 Å². The molecule has 0 bridgehead atoms. The van der Waals surface area contributed by atoms with Crippen LogP contribution in [0.4, 0.5) is 0 Å². The van der Waals surface area contributed by atoms with E-state index in [1.807, 2.05) is 0 Å². The highest BCUT2D eigenvalue weighted by Crippen LogP contribution is 2.60. The van der Waals surface area contributed by atoms with Crippen LogP contribution in [0, 0.1) is 0 Å². The normalized spacial score (nSPS) is 13.3. The van der Waals surface area contributed by atoms with Gasteiger partial charge in [0.05, 0.1) is 5.41 Å². The van der Waals surface area contributed by atoms with Crippen LogP contribution in [0.1, 0.15) is 22.3 Å². The first kappa shape index (κ1) is 24.2. The Balaban J connectivity index is 1.48. The lowest BCUT2D eigenvalue weighted by molar-refractivity contribution is 0.776. The minimum atomic E-state index is -0.447. The van der Waals surface area contributed by atoms with Crippen molar-refractivity contribution < 1.29 is 0 Å². The van der Waals surface area contributed by atoms with Crippen molar-refractivity contribution in [3.63, 3.8) is 0 Å². The van der Waals surface area contributed by atoms with E-state index >= 15 is 0 Å². The van der Waals surface area contributed by atoms with E-state index in [1.54, 1.807) is 0 Å². The maximum absolute atomic E-state index is 2.43. The molecule has 0 nitrogen and oxygen atoms in total. The van der Waals surface area contributed by atoms with Crippen LogP contribution in [0.3, 0.4) is 0 Å². The van der Waals surface area contributed by atoms with E-state index in [0.717, 1.165) is 0 Å². The summed E-state index contributed by atoms with van der Waals surface area (Å²) in [7, 11) is 0. The van der Waals surface area contributed by atoms with Crippen LogP contribution in [0.5, 0.6) is 0 Å². The molecule has 0 aliphatic heterocycles. The van der Waals surface area contributed by atoms with E-state index in [0.29, 0.717) is 0 Å². The Kier molecular flexibility index (Phi) is 5.21. The SMILES string of the molecule is c1ccc(C2(c3ccccc3)c3ccccc3-c3c2c2ccc(-c4cccc5ccccc45)cc2c2ccccc32)cc1. The minimum absolute atomic E-state index is 0.447. The molecular formula is C43H28. The second-order valence-electron chi connectivity index (χ2n) is 11.6. The zero-order chi connectivity index (χ0) is 28.4. The van der Waals surface area contributed by atoms with E-state index in [1.165, 1.54) is 76.8 Å². The summed E-state index contributed by atoms with van der Waals surface area (Å²) < 4.78 is 0. The van der Waals surface area contributed by atoms with Crippen molar-refractivity contribution in [2.24, 2.45) is 0 Å². The quantitative estimate of drug-likeness (QED) is 0.194. The summed E-state index contributed by atoms with van der Waals surface area (Å²) >= 11 is 0. The summed E-state index contributed by atoms with van der Waals surface area (Å²) in [6.45, 7) is 0. The fourth-order valence-corrected chi connectivity index (χ4v) is 7.81. The number of hydrogen-bond donors (Lipinski definition) is 0. The van der Waals surface area contributed by atoms with Crippen molar-refractivity contribution in [1.82, 2.24) is 0 Å². The second kappa shape index (κ2) is 9.28. The van der Waals surface area contributed by atoms with Crippen molar-refractivity contribution in [3.05, 3.63) is 192 Å². The van der Waals surface area contributed by atoms with Crippen LogP contribution >= 0.6 is 0 Å². The maximum atomic E-state index is 2.43. The summed E-state index contributed by atoms with van der Waals surface area (Å²) in [5.41, 5.74) is 10.1. The Hall–Kier alpha value is -5.46. The van der Waals surface area contributed by atoms with Gasteiger partial charge in [-0.15, -0.1) is 0 Å². The van der Waals surface area contributed by atoms with Crippen LogP contribution in [0.25, 0.3) is 54.6 Å². The Morgan fingerprint density at radius 1 is 0.349 bits per heavy atom. The molecule has 0 atom stereocenters. The Morgan fingerprint density at radius 2 is 0.930 bits per heavy atom. The van der Waals surface area contributed by atoms with Crippen LogP contribution in [0.2, 0.25) is 0 Å². The van der Waals surface area contributed by atoms with Crippen molar-refractivity contribution in [2.45, 2.75) is 5.41 Å². The van der Waals surface area contributed by atoms with Gasteiger partial charge >= 0.3 is 0 Å². The van der Waals surface area contributed by atoms with Crippen LogP contribution < -0.4 is 0 Å². The molecule has 0 unspecified atom stereocenters. The third kappa shape index (κ3) is 3.32. The van der Waals surface area contributed by atoms with Crippen molar-refractivity contribution >= 4 is 32.3 Å². The first-order valence-electron chi connectivity index (χ1n) is 15.0. The molecule has 1 aliphatic rings. The third-order valence-electron chi connectivity index (χ3n) is 9.52. The topological polar surface area (TPSA) is 0 Å². The summed E-state index contributed by atoms with van der Waals surface area (Å²) in [5, 5.41) is 7.75. The lowest BCUT2D eigenvalue weighted by atomic mass is 9.66. The summed E-state index contributed by atoms with van der Waals surface area (Å²) in [5.74, 6) is 0.